The standard InChI is InChI=1S/C10H6BrFN4O3S/c11-6-3-14-10(20-6)15-9(17)7-4(12)1-2-5(8(7)13)16(18)19/h1-3H,13H2,(H,14,15,17). The van der Waals surface area contributed by atoms with E-state index in [4.69, 9.17) is 5.73 Å². The van der Waals surface area contributed by atoms with Gasteiger partial charge in [0.15, 0.2) is 5.13 Å². The van der Waals surface area contributed by atoms with Crippen LogP contribution in [0.4, 0.5) is 20.9 Å². The van der Waals surface area contributed by atoms with Crippen LogP contribution in [0.25, 0.3) is 0 Å². The van der Waals surface area contributed by atoms with Crippen molar-refractivity contribution in [3.63, 3.8) is 0 Å². The zero-order valence-corrected chi connectivity index (χ0v) is 12.0. The zero-order chi connectivity index (χ0) is 14.9. The van der Waals surface area contributed by atoms with Crippen LogP contribution < -0.4 is 11.1 Å². The summed E-state index contributed by atoms with van der Waals surface area (Å²) in [6, 6.07) is 1.72. The Morgan fingerprint density at radius 1 is 1.55 bits per heavy atom. The first-order valence-electron chi connectivity index (χ1n) is 5.05. The number of benzene rings is 1. The van der Waals surface area contributed by atoms with Crippen LogP contribution >= 0.6 is 27.3 Å². The van der Waals surface area contributed by atoms with Gasteiger partial charge in [0.2, 0.25) is 0 Å². The summed E-state index contributed by atoms with van der Waals surface area (Å²) >= 11 is 4.26. The van der Waals surface area contributed by atoms with E-state index >= 15 is 0 Å². The summed E-state index contributed by atoms with van der Waals surface area (Å²) in [4.78, 5) is 25.7. The number of amides is 1. The molecule has 1 aromatic heterocycles. The van der Waals surface area contributed by atoms with E-state index in [1.165, 1.54) is 6.20 Å². The van der Waals surface area contributed by atoms with Gasteiger partial charge < -0.3 is 5.73 Å². The number of nitrogens with two attached hydrogens (primary N) is 1. The van der Waals surface area contributed by atoms with Gasteiger partial charge in [-0.2, -0.15) is 0 Å². The molecule has 1 heterocycles. The highest BCUT2D eigenvalue weighted by molar-refractivity contribution is 9.11. The summed E-state index contributed by atoms with van der Waals surface area (Å²) < 4.78 is 14.3. The van der Waals surface area contributed by atoms with Crippen molar-refractivity contribution in [3.8, 4) is 0 Å². The third kappa shape index (κ3) is 2.75. The number of aromatic nitrogens is 1. The van der Waals surface area contributed by atoms with Gasteiger partial charge in [0.1, 0.15) is 17.1 Å². The number of rotatable bonds is 3. The largest absolute Gasteiger partial charge is 0.392 e. The van der Waals surface area contributed by atoms with Crippen LogP contribution in [0.1, 0.15) is 10.4 Å². The lowest BCUT2D eigenvalue weighted by atomic mass is 10.1. The lowest BCUT2D eigenvalue weighted by molar-refractivity contribution is -0.384. The number of halogens is 2. The van der Waals surface area contributed by atoms with Crippen LogP contribution in [0.5, 0.6) is 0 Å². The number of anilines is 2. The summed E-state index contributed by atoms with van der Waals surface area (Å²) in [5, 5.41) is 13.3. The van der Waals surface area contributed by atoms with Crippen LogP contribution in [0, 0.1) is 15.9 Å². The molecule has 0 aliphatic heterocycles. The van der Waals surface area contributed by atoms with Gasteiger partial charge in [-0.15, -0.1) is 0 Å². The van der Waals surface area contributed by atoms with Crippen molar-refractivity contribution < 1.29 is 14.1 Å². The number of thiazole rings is 1. The van der Waals surface area contributed by atoms with E-state index in [0.29, 0.717) is 3.79 Å². The number of nitrogens with one attached hydrogen (secondary N) is 1. The highest BCUT2D eigenvalue weighted by Crippen LogP contribution is 2.29. The second-order valence-corrected chi connectivity index (χ2v) is 5.95. The first-order valence-corrected chi connectivity index (χ1v) is 6.66. The Hall–Kier alpha value is -2.07. The van der Waals surface area contributed by atoms with Crippen molar-refractivity contribution in [1.29, 1.82) is 0 Å². The molecule has 0 saturated carbocycles. The third-order valence-electron chi connectivity index (χ3n) is 2.29. The van der Waals surface area contributed by atoms with Crippen LogP contribution in [0.15, 0.2) is 22.1 Å². The Bertz CT molecular complexity index is 706. The molecule has 0 aliphatic carbocycles. The topological polar surface area (TPSA) is 111 Å². The second kappa shape index (κ2) is 5.51. The molecule has 0 saturated heterocycles. The van der Waals surface area contributed by atoms with Crippen molar-refractivity contribution in [2.24, 2.45) is 0 Å². The SMILES string of the molecule is Nc1c([N+](=O)[O-])ccc(F)c1C(=O)Nc1ncc(Br)s1. The Kier molecular flexibility index (Phi) is 3.95. The Morgan fingerprint density at radius 3 is 2.80 bits per heavy atom. The summed E-state index contributed by atoms with van der Waals surface area (Å²) in [5.74, 6) is -1.84. The molecule has 0 spiro atoms. The fourth-order valence-corrected chi connectivity index (χ4v) is 2.55. The predicted octanol–water partition coefficient (Wildman–Crippen LogP) is 2.79. The van der Waals surface area contributed by atoms with Crippen molar-refractivity contribution in [1.82, 2.24) is 4.98 Å². The predicted molar refractivity (Wildman–Crippen MR) is 75.2 cm³/mol. The Morgan fingerprint density at radius 2 is 2.25 bits per heavy atom. The molecule has 20 heavy (non-hydrogen) atoms. The number of carbonyl (C=O) groups excluding carboxylic acids is 1. The Balaban J connectivity index is 2.38. The van der Waals surface area contributed by atoms with E-state index in [2.05, 4.69) is 26.2 Å². The lowest BCUT2D eigenvalue weighted by Gasteiger charge is -2.06. The normalized spacial score (nSPS) is 10.3. The highest BCUT2D eigenvalue weighted by Gasteiger charge is 2.24. The maximum Gasteiger partial charge on any atom is 0.293 e. The van der Waals surface area contributed by atoms with Crippen LogP contribution in [0.3, 0.4) is 0 Å². The molecule has 1 amide bonds. The van der Waals surface area contributed by atoms with E-state index in [-0.39, 0.29) is 5.13 Å². The molecule has 0 atom stereocenters. The van der Waals surface area contributed by atoms with Gasteiger partial charge in [0.25, 0.3) is 11.6 Å². The van der Waals surface area contributed by atoms with Crippen molar-refractivity contribution in [3.05, 3.63) is 43.6 Å². The summed E-state index contributed by atoms with van der Waals surface area (Å²) in [6.45, 7) is 0. The van der Waals surface area contributed by atoms with Gasteiger partial charge in [-0.25, -0.2) is 9.37 Å². The average molecular weight is 361 g/mol. The van der Waals surface area contributed by atoms with E-state index < -0.39 is 33.6 Å². The molecule has 0 bridgehead atoms. The number of hydrogen-bond donors (Lipinski definition) is 2. The van der Waals surface area contributed by atoms with E-state index in [1.54, 1.807) is 0 Å². The molecular formula is C10H6BrFN4O3S. The molecule has 0 aliphatic rings. The van der Waals surface area contributed by atoms with Gasteiger partial charge >= 0.3 is 0 Å². The molecule has 1 aromatic carbocycles. The monoisotopic (exact) mass is 360 g/mol. The fourth-order valence-electron chi connectivity index (χ4n) is 1.44. The van der Waals surface area contributed by atoms with E-state index in [9.17, 15) is 19.3 Å². The van der Waals surface area contributed by atoms with E-state index in [0.717, 1.165) is 23.5 Å². The minimum atomic E-state index is -0.943. The first-order chi connectivity index (χ1) is 9.40. The number of nitrogens with zero attached hydrogens (tertiary/aromatic N) is 2. The zero-order valence-electron chi connectivity index (χ0n) is 9.59. The molecule has 2 rings (SSSR count). The number of carbonyl (C=O) groups is 1. The number of hydrogen-bond acceptors (Lipinski definition) is 6. The molecule has 3 N–H and O–H groups in total. The van der Waals surface area contributed by atoms with Crippen molar-refractivity contribution in [2.45, 2.75) is 0 Å². The van der Waals surface area contributed by atoms with Crippen LogP contribution in [-0.4, -0.2) is 15.8 Å². The smallest absolute Gasteiger partial charge is 0.293 e. The van der Waals surface area contributed by atoms with Gasteiger partial charge in [0, 0.05) is 6.07 Å². The molecule has 0 fully saturated rings. The van der Waals surface area contributed by atoms with Crippen LogP contribution in [-0.2, 0) is 0 Å². The Labute approximate surface area is 123 Å². The third-order valence-corrected chi connectivity index (χ3v) is 3.68. The summed E-state index contributed by atoms with van der Waals surface area (Å²) in [7, 11) is 0. The summed E-state index contributed by atoms with van der Waals surface area (Å²) in [6.07, 6.45) is 1.45. The van der Waals surface area contributed by atoms with Crippen molar-refractivity contribution in [2.75, 3.05) is 11.1 Å². The molecular weight excluding hydrogens is 355 g/mol. The first kappa shape index (κ1) is 14.3. The number of nitro benzene ring substituents is 1. The maximum absolute atomic E-state index is 13.7. The minimum Gasteiger partial charge on any atom is -0.392 e. The molecule has 0 unspecified atom stereocenters. The molecule has 10 heteroatoms. The minimum absolute atomic E-state index is 0.215. The molecule has 7 nitrogen and oxygen atoms in total. The number of nitro groups is 1. The van der Waals surface area contributed by atoms with E-state index in [1.807, 2.05) is 0 Å². The van der Waals surface area contributed by atoms with Crippen molar-refractivity contribution >= 4 is 49.7 Å². The average Bonchev–Trinajstić information content (AvgIpc) is 2.74. The molecule has 2 aromatic rings. The van der Waals surface area contributed by atoms with Gasteiger partial charge in [-0.1, -0.05) is 11.3 Å². The molecule has 0 radical (unpaired) electrons. The fraction of sp³-hybridized carbons (Fsp3) is 0. The van der Waals surface area contributed by atoms with Gasteiger partial charge in [-0.3, -0.25) is 20.2 Å². The molecule has 104 valence electrons. The van der Waals surface area contributed by atoms with Gasteiger partial charge in [-0.05, 0) is 22.0 Å². The number of nitrogen functional groups attached to an aromatic ring is 1. The summed E-state index contributed by atoms with van der Waals surface area (Å²) in [5.41, 5.74) is 3.84. The lowest BCUT2D eigenvalue weighted by Crippen LogP contribution is -2.16. The van der Waals surface area contributed by atoms with Crippen LogP contribution in [0.2, 0.25) is 0 Å². The second-order valence-electron chi connectivity index (χ2n) is 3.54. The quantitative estimate of drug-likeness (QED) is 0.496. The van der Waals surface area contributed by atoms with Gasteiger partial charge in [0.05, 0.1) is 14.9 Å². The highest BCUT2D eigenvalue weighted by atomic mass is 79.9. The maximum atomic E-state index is 13.7.